The minimum absolute atomic E-state index is 0.358. The van der Waals surface area contributed by atoms with Crippen molar-refractivity contribution in [2.45, 2.75) is 96.8 Å². The Morgan fingerprint density at radius 1 is 0.704 bits per heavy atom. The molecule has 1 unspecified atom stereocenters. The Kier molecular flexibility index (Phi) is 6.45. The van der Waals surface area contributed by atoms with Gasteiger partial charge >= 0.3 is 11.9 Å². The third-order valence-corrected chi connectivity index (χ3v) is 5.96. The molecule has 27 heavy (non-hydrogen) atoms. The van der Waals surface area contributed by atoms with E-state index in [1.165, 1.54) is 10.1 Å². The summed E-state index contributed by atoms with van der Waals surface area (Å²) >= 11 is 0. The first-order valence-electron chi connectivity index (χ1n) is 9.30. The van der Waals surface area contributed by atoms with Gasteiger partial charge in [0.1, 0.15) is 0 Å². The standard InChI is InChI=1S/C10H19NO3.C9H17NO3/c1-9(2)5-7(8(12)13)6-10(3,4)11(9)14;1-8(2)5-6(7(11)12)9(3,4)10(8)13/h7,14H,5-6H2,1-4H3,(H,12,13);6,13H,5H2,1-4H3,(H,11,12). The number of hydrogen-bond acceptors (Lipinski definition) is 6. The van der Waals surface area contributed by atoms with Gasteiger partial charge in [0.15, 0.2) is 0 Å². The maximum absolute atomic E-state index is 10.9. The number of piperidine rings is 1. The zero-order valence-electron chi connectivity index (χ0n) is 17.8. The molecular formula is C19H36N2O6. The fourth-order valence-electron chi connectivity index (χ4n) is 4.60. The van der Waals surface area contributed by atoms with Crippen LogP contribution in [0, 0.1) is 11.8 Å². The molecule has 2 fully saturated rings. The number of hydrogen-bond donors (Lipinski definition) is 4. The Balaban J connectivity index is 0.000000271. The lowest BCUT2D eigenvalue weighted by Gasteiger charge is -2.50. The monoisotopic (exact) mass is 388 g/mol. The summed E-state index contributed by atoms with van der Waals surface area (Å²) in [4.78, 5) is 21.8. The molecule has 0 saturated carbocycles. The summed E-state index contributed by atoms with van der Waals surface area (Å²) in [6.07, 6.45) is 1.45. The van der Waals surface area contributed by atoms with E-state index in [9.17, 15) is 20.0 Å². The van der Waals surface area contributed by atoms with Crippen LogP contribution in [0.15, 0.2) is 0 Å². The molecule has 0 aromatic rings. The highest BCUT2D eigenvalue weighted by Gasteiger charge is 2.54. The highest BCUT2D eigenvalue weighted by molar-refractivity contribution is 5.72. The van der Waals surface area contributed by atoms with Crippen LogP contribution in [-0.4, -0.2) is 64.8 Å². The Bertz CT molecular complexity index is 567. The largest absolute Gasteiger partial charge is 0.481 e. The predicted octanol–water partition coefficient (Wildman–Crippen LogP) is 3.07. The fraction of sp³-hybridized carbons (Fsp3) is 0.895. The smallest absolute Gasteiger partial charge is 0.308 e. The molecule has 2 aliphatic rings. The van der Waals surface area contributed by atoms with Gasteiger partial charge in [0.05, 0.1) is 17.4 Å². The molecule has 2 rings (SSSR count). The van der Waals surface area contributed by atoms with Gasteiger partial charge in [0.25, 0.3) is 0 Å². The lowest BCUT2D eigenvalue weighted by molar-refractivity contribution is -0.251. The van der Waals surface area contributed by atoms with Crippen LogP contribution in [0.2, 0.25) is 0 Å². The minimum Gasteiger partial charge on any atom is -0.481 e. The van der Waals surface area contributed by atoms with Crippen LogP contribution in [0.4, 0.5) is 0 Å². The van der Waals surface area contributed by atoms with Crippen molar-refractivity contribution in [3.63, 3.8) is 0 Å². The maximum atomic E-state index is 10.9. The van der Waals surface area contributed by atoms with Crippen LogP contribution < -0.4 is 0 Å². The van der Waals surface area contributed by atoms with E-state index >= 15 is 0 Å². The van der Waals surface area contributed by atoms with Crippen LogP contribution in [0.25, 0.3) is 0 Å². The van der Waals surface area contributed by atoms with Crippen molar-refractivity contribution in [1.29, 1.82) is 0 Å². The van der Waals surface area contributed by atoms with E-state index in [0.29, 0.717) is 19.3 Å². The van der Waals surface area contributed by atoms with E-state index in [2.05, 4.69) is 0 Å². The van der Waals surface area contributed by atoms with Gasteiger partial charge in [-0.05, 0) is 74.7 Å². The van der Waals surface area contributed by atoms with E-state index < -0.39 is 40.0 Å². The van der Waals surface area contributed by atoms with E-state index in [0.717, 1.165) is 0 Å². The number of aliphatic carboxylic acids is 2. The number of hydroxylamine groups is 4. The Morgan fingerprint density at radius 3 is 1.30 bits per heavy atom. The minimum atomic E-state index is -0.838. The third-order valence-electron chi connectivity index (χ3n) is 5.96. The SMILES string of the molecule is CC1(C)CC(C(=O)O)C(C)(C)N1O.CC1(C)CC(C(=O)O)CC(C)(C)N1O. The van der Waals surface area contributed by atoms with Crippen LogP contribution in [0.1, 0.15) is 74.7 Å². The normalized spacial score (nSPS) is 29.6. The highest BCUT2D eigenvalue weighted by Crippen LogP contribution is 2.43. The molecular weight excluding hydrogens is 352 g/mol. The van der Waals surface area contributed by atoms with Crippen molar-refractivity contribution >= 4 is 11.9 Å². The number of carboxylic acid groups (broad SMARTS) is 2. The molecule has 158 valence electrons. The molecule has 0 amide bonds. The summed E-state index contributed by atoms with van der Waals surface area (Å²) in [6.45, 7) is 14.7. The first-order chi connectivity index (χ1) is 11.9. The molecule has 0 aromatic carbocycles. The van der Waals surface area contributed by atoms with Crippen molar-refractivity contribution < 1.29 is 30.2 Å². The van der Waals surface area contributed by atoms with E-state index in [4.69, 9.17) is 10.2 Å². The van der Waals surface area contributed by atoms with Gasteiger partial charge < -0.3 is 20.6 Å². The van der Waals surface area contributed by atoms with Crippen molar-refractivity contribution in [3.05, 3.63) is 0 Å². The summed E-state index contributed by atoms with van der Waals surface area (Å²) in [5, 5.41) is 40.1. The van der Waals surface area contributed by atoms with Gasteiger partial charge in [-0.15, -0.1) is 0 Å². The molecule has 0 aliphatic carbocycles. The van der Waals surface area contributed by atoms with E-state index in [-0.39, 0.29) is 5.92 Å². The first-order valence-corrected chi connectivity index (χ1v) is 9.30. The van der Waals surface area contributed by atoms with Gasteiger partial charge in [0.2, 0.25) is 0 Å². The Hall–Kier alpha value is -1.22. The lowest BCUT2D eigenvalue weighted by Crippen LogP contribution is -2.59. The van der Waals surface area contributed by atoms with Gasteiger partial charge in [-0.3, -0.25) is 9.59 Å². The molecule has 4 N–H and O–H groups in total. The fourth-order valence-corrected chi connectivity index (χ4v) is 4.60. The Labute approximate surface area is 161 Å². The summed E-state index contributed by atoms with van der Waals surface area (Å²) in [7, 11) is 0. The van der Waals surface area contributed by atoms with Crippen molar-refractivity contribution in [3.8, 4) is 0 Å². The summed E-state index contributed by atoms with van der Waals surface area (Å²) in [5.74, 6) is -2.47. The lowest BCUT2D eigenvalue weighted by atomic mass is 9.75. The second-order valence-corrected chi connectivity index (χ2v) is 10.3. The molecule has 2 aliphatic heterocycles. The van der Waals surface area contributed by atoms with Crippen molar-refractivity contribution in [2.24, 2.45) is 11.8 Å². The van der Waals surface area contributed by atoms with Crippen LogP contribution in [0.3, 0.4) is 0 Å². The second-order valence-electron chi connectivity index (χ2n) is 10.3. The number of nitrogens with zero attached hydrogens (tertiary/aromatic N) is 2. The molecule has 0 aromatic heterocycles. The zero-order valence-corrected chi connectivity index (χ0v) is 17.8. The molecule has 1 atom stereocenters. The molecule has 8 nitrogen and oxygen atoms in total. The molecule has 0 bridgehead atoms. The van der Waals surface area contributed by atoms with Crippen molar-refractivity contribution in [1.82, 2.24) is 10.1 Å². The Morgan fingerprint density at radius 2 is 1.07 bits per heavy atom. The summed E-state index contributed by atoms with van der Waals surface area (Å²) in [6, 6.07) is 0. The highest BCUT2D eigenvalue weighted by atomic mass is 16.5. The van der Waals surface area contributed by atoms with Crippen LogP contribution >= 0.6 is 0 Å². The van der Waals surface area contributed by atoms with Gasteiger partial charge in [0, 0.05) is 16.6 Å². The summed E-state index contributed by atoms with van der Waals surface area (Å²) in [5.41, 5.74) is -2.07. The van der Waals surface area contributed by atoms with Gasteiger partial charge in [-0.1, -0.05) is 0 Å². The molecule has 2 saturated heterocycles. The molecule has 2 heterocycles. The van der Waals surface area contributed by atoms with E-state index in [1.807, 2.05) is 41.5 Å². The van der Waals surface area contributed by atoms with Crippen LogP contribution in [0.5, 0.6) is 0 Å². The number of rotatable bonds is 2. The second kappa shape index (κ2) is 7.31. The average Bonchev–Trinajstić information content (AvgIpc) is 2.64. The molecule has 0 radical (unpaired) electrons. The third kappa shape index (κ3) is 4.80. The molecule has 0 spiro atoms. The van der Waals surface area contributed by atoms with Crippen molar-refractivity contribution in [2.75, 3.05) is 0 Å². The maximum Gasteiger partial charge on any atom is 0.308 e. The summed E-state index contributed by atoms with van der Waals surface area (Å²) < 4.78 is 0. The molecule has 8 heteroatoms. The number of carboxylic acids is 2. The van der Waals surface area contributed by atoms with Gasteiger partial charge in [-0.2, -0.15) is 10.1 Å². The first kappa shape index (κ1) is 23.8. The zero-order chi connectivity index (χ0) is 21.6. The number of carbonyl (C=O) groups is 2. The quantitative estimate of drug-likeness (QED) is 0.569. The van der Waals surface area contributed by atoms with E-state index in [1.54, 1.807) is 13.8 Å². The van der Waals surface area contributed by atoms with Gasteiger partial charge in [-0.25, -0.2) is 0 Å². The average molecular weight is 389 g/mol. The topological polar surface area (TPSA) is 122 Å². The predicted molar refractivity (Wildman–Crippen MR) is 99.7 cm³/mol. The van der Waals surface area contributed by atoms with Crippen LogP contribution in [-0.2, 0) is 9.59 Å².